The van der Waals surface area contributed by atoms with Crippen LogP contribution in [0.5, 0.6) is 0 Å². The minimum absolute atomic E-state index is 0.0167. The number of aromatic nitrogens is 2. The van der Waals surface area contributed by atoms with Crippen molar-refractivity contribution in [3.05, 3.63) is 18.2 Å². The Morgan fingerprint density at radius 2 is 2.56 bits per heavy atom. The van der Waals surface area contributed by atoms with Crippen LogP contribution in [0.1, 0.15) is 23.3 Å². The maximum atomic E-state index is 11.9. The fourth-order valence-corrected chi connectivity index (χ4v) is 2.13. The van der Waals surface area contributed by atoms with Crippen LogP contribution in [0.4, 0.5) is 0 Å². The van der Waals surface area contributed by atoms with E-state index in [1.54, 1.807) is 11.1 Å². The summed E-state index contributed by atoms with van der Waals surface area (Å²) in [5.74, 6) is 0.591. The van der Waals surface area contributed by atoms with Gasteiger partial charge in [-0.2, -0.15) is 0 Å². The van der Waals surface area contributed by atoms with Gasteiger partial charge in [-0.1, -0.05) is 0 Å². The highest BCUT2D eigenvalue weighted by atomic mass is 16.2. The number of hydrogen-bond acceptors (Lipinski definition) is 3. The van der Waals surface area contributed by atoms with Crippen LogP contribution < -0.4 is 5.32 Å². The van der Waals surface area contributed by atoms with Crippen LogP contribution in [0, 0.1) is 5.92 Å². The average molecular weight is 222 g/mol. The zero-order valence-corrected chi connectivity index (χ0v) is 9.57. The molecule has 0 aliphatic carbocycles. The molecule has 0 saturated carbocycles. The molecule has 1 aromatic rings. The predicted octanol–water partition coefficient (Wildman–Crippen LogP) is 0.481. The molecular formula is C11H18N4O. The van der Waals surface area contributed by atoms with Crippen molar-refractivity contribution in [2.24, 2.45) is 5.92 Å². The number of rotatable bonds is 3. The molecule has 1 fully saturated rings. The molecule has 1 atom stereocenters. The van der Waals surface area contributed by atoms with E-state index >= 15 is 0 Å². The van der Waals surface area contributed by atoms with Gasteiger partial charge in [0.1, 0.15) is 5.69 Å². The fourth-order valence-electron chi connectivity index (χ4n) is 2.13. The van der Waals surface area contributed by atoms with Gasteiger partial charge in [0.15, 0.2) is 0 Å². The number of nitrogens with zero attached hydrogens (tertiary/aromatic N) is 2. The van der Waals surface area contributed by atoms with E-state index in [9.17, 15) is 4.79 Å². The minimum Gasteiger partial charge on any atom is -0.341 e. The molecule has 1 saturated heterocycles. The first-order valence-corrected chi connectivity index (χ1v) is 5.72. The van der Waals surface area contributed by atoms with Gasteiger partial charge in [-0.05, 0) is 31.8 Å². The van der Waals surface area contributed by atoms with E-state index in [0.29, 0.717) is 11.6 Å². The number of carbonyl (C=O) groups excluding carboxylic acids is 1. The third-order valence-corrected chi connectivity index (χ3v) is 3.01. The number of nitrogens with one attached hydrogen (secondary N) is 2. The predicted molar refractivity (Wildman–Crippen MR) is 61.1 cm³/mol. The highest BCUT2D eigenvalue weighted by molar-refractivity contribution is 5.91. The number of H-pyrrole nitrogens is 1. The molecule has 1 aliphatic rings. The lowest BCUT2D eigenvalue weighted by Crippen LogP contribution is -2.39. The summed E-state index contributed by atoms with van der Waals surface area (Å²) in [6.07, 6.45) is 5.51. The van der Waals surface area contributed by atoms with Crippen molar-refractivity contribution in [1.29, 1.82) is 0 Å². The van der Waals surface area contributed by atoms with Gasteiger partial charge < -0.3 is 15.2 Å². The van der Waals surface area contributed by atoms with E-state index < -0.39 is 0 Å². The Bertz CT molecular complexity index is 330. The van der Waals surface area contributed by atoms with Crippen molar-refractivity contribution in [3.8, 4) is 0 Å². The molecule has 1 amide bonds. The van der Waals surface area contributed by atoms with E-state index in [1.807, 2.05) is 7.05 Å². The molecular weight excluding hydrogens is 204 g/mol. The first-order valence-electron chi connectivity index (χ1n) is 5.72. The topological polar surface area (TPSA) is 61.0 Å². The van der Waals surface area contributed by atoms with E-state index in [-0.39, 0.29) is 5.91 Å². The molecule has 88 valence electrons. The van der Waals surface area contributed by atoms with E-state index in [2.05, 4.69) is 15.3 Å². The average Bonchev–Trinajstić information content (AvgIpc) is 2.83. The maximum absolute atomic E-state index is 11.9. The molecule has 0 radical (unpaired) electrons. The highest BCUT2D eigenvalue weighted by Gasteiger charge is 2.19. The van der Waals surface area contributed by atoms with Gasteiger partial charge in [-0.25, -0.2) is 4.98 Å². The molecule has 0 spiro atoms. The SMILES string of the molecule is CN(CC1CCCNC1)C(=O)c1cnc[nH]1. The second-order valence-electron chi connectivity index (χ2n) is 4.36. The Kier molecular flexibility index (Phi) is 3.56. The van der Waals surface area contributed by atoms with Gasteiger partial charge in [0.2, 0.25) is 0 Å². The van der Waals surface area contributed by atoms with Crippen LogP contribution in [0.25, 0.3) is 0 Å². The summed E-state index contributed by atoms with van der Waals surface area (Å²) < 4.78 is 0. The third kappa shape index (κ3) is 2.61. The first kappa shape index (κ1) is 11.1. The van der Waals surface area contributed by atoms with Crippen molar-refractivity contribution in [2.75, 3.05) is 26.7 Å². The zero-order valence-electron chi connectivity index (χ0n) is 9.57. The molecule has 2 rings (SSSR count). The number of amides is 1. The molecule has 1 unspecified atom stereocenters. The lowest BCUT2D eigenvalue weighted by molar-refractivity contribution is 0.0759. The summed E-state index contributed by atoms with van der Waals surface area (Å²) in [4.78, 5) is 20.4. The van der Waals surface area contributed by atoms with Crippen LogP contribution in [0.3, 0.4) is 0 Å². The minimum atomic E-state index is 0.0167. The number of imidazole rings is 1. The molecule has 0 aromatic carbocycles. The number of aromatic amines is 1. The number of hydrogen-bond donors (Lipinski definition) is 2. The highest BCUT2D eigenvalue weighted by Crippen LogP contribution is 2.12. The third-order valence-electron chi connectivity index (χ3n) is 3.01. The molecule has 5 nitrogen and oxygen atoms in total. The lowest BCUT2D eigenvalue weighted by Gasteiger charge is -2.27. The van der Waals surface area contributed by atoms with Crippen LogP contribution in [0.2, 0.25) is 0 Å². The molecule has 2 heterocycles. The molecule has 5 heteroatoms. The van der Waals surface area contributed by atoms with E-state index in [0.717, 1.165) is 19.6 Å². The van der Waals surface area contributed by atoms with Crippen LogP contribution in [-0.4, -0.2) is 47.5 Å². The largest absolute Gasteiger partial charge is 0.341 e. The Morgan fingerprint density at radius 1 is 1.69 bits per heavy atom. The smallest absolute Gasteiger partial charge is 0.271 e. The Balaban J connectivity index is 1.87. The normalized spacial score (nSPS) is 20.7. The second-order valence-corrected chi connectivity index (χ2v) is 4.36. The summed E-state index contributed by atoms with van der Waals surface area (Å²) >= 11 is 0. The Labute approximate surface area is 95.2 Å². The summed E-state index contributed by atoms with van der Waals surface area (Å²) in [6.45, 7) is 2.93. The second kappa shape index (κ2) is 5.12. The Hall–Kier alpha value is -1.36. The molecule has 2 N–H and O–H groups in total. The van der Waals surface area contributed by atoms with Crippen LogP contribution in [0.15, 0.2) is 12.5 Å². The van der Waals surface area contributed by atoms with E-state index in [1.165, 1.54) is 19.2 Å². The quantitative estimate of drug-likeness (QED) is 0.782. The van der Waals surface area contributed by atoms with Gasteiger partial charge >= 0.3 is 0 Å². The summed E-state index contributed by atoms with van der Waals surface area (Å²) in [6, 6.07) is 0. The first-order chi connectivity index (χ1) is 7.77. The van der Waals surface area contributed by atoms with Crippen molar-refractivity contribution >= 4 is 5.91 Å². The van der Waals surface area contributed by atoms with Crippen molar-refractivity contribution in [1.82, 2.24) is 20.2 Å². The number of carbonyl (C=O) groups is 1. The number of piperidine rings is 1. The summed E-state index contributed by atoms with van der Waals surface area (Å²) in [7, 11) is 1.85. The van der Waals surface area contributed by atoms with Crippen molar-refractivity contribution in [3.63, 3.8) is 0 Å². The summed E-state index contributed by atoms with van der Waals surface area (Å²) in [5.41, 5.74) is 0.561. The van der Waals surface area contributed by atoms with Crippen molar-refractivity contribution in [2.45, 2.75) is 12.8 Å². The standard InChI is InChI=1S/C11H18N4O/c1-15(7-9-3-2-4-12-5-9)11(16)10-6-13-8-14-10/h6,8-9,12H,2-5,7H2,1H3,(H,13,14). The van der Waals surface area contributed by atoms with Gasteiger partial charge in [-0.3, -0.25) is 4.79 Å². The molecule has 16 heavy (non-hydrogen) atoms. The van der Waals surface area contributed by atoms with Gasteiger partial charge in [0.25, 0.3) is 5.91 Å². The maximum Gasteiger partial charge on any atom is 0.271 e. The lowest BCUT2D eigenvalue weighted by atomic mass is 9.99. The van der Waals surface area contributed by atoms with Crippen LogP contribution in [-0.2, 0) is 0 Å². The van der Waals surface area contributed by atoms with Crippen molar-refractivity contribution < 1.29 is 4.79 Å². The van der Waals surface area contributed by atoms with Gasteiger partial charge in [0.05, 0.1) is 12.5 Å². The van der Waals surface area contributed by atoms with Crippen LogP contribution >= 0.6 is 0 Å². The zero-order chi connectivity index (χ0) is 11.4. The van der Waals surface area contributed by atoms with Gasteiger partial charge in [0, 0.05) is 13.6 Å². The van der Waals surface area contributed by atoms with Gasteiger partial charge in [-0.15, -0.1) is 0 Å². The fraction of sp³-hybridized carbons (Fsp3) is 0.636. The monoisotopic (exact) mass is 222 g/mol. The van der Waals surface area contributed by atoms with E-state index in [4.69, 9.17) is 0 Å². The molecule has 0 bridgehead atoms. The molecule has 1 aliphatic heterocycles. The Morgan fingerprint density at radius 3 is 3.19 bits per heavy atom. The molecule has 1 aromatic heterocycles. The summed E-state index contributed by atoms with van der Waals surface area (Å²) in [5, 5.41) is 3.36.